The third-order valence-electron chi connectivity index (χ3n) is 4.06. The van der Waals surface area contributed by atoms with Crippen LogP contribution in [-0.4, -0.2) is 35.0 Å². The highest BCUT2D eigenvalue weighted by Gasteiger charge is 2.34. The third kappa shape index (κ3) is 5.18. The summed E-state index contributed by atoms with van der Waals surface area (Å²) in [6, 6.07) is 4.13. The van der Waals surface area contributed by atoms with Crippen LogP contribution in [0.3, 0.4) is 0 Å². The molecule has 0 saturated carbocycles. The van der Waals surface area contributed by atoms with Crippen molar-refractivity contribution in [3.63, 3.8) is 0 Å². The average molecular weight is 414 g/mol. The number of hydrogen-bond donors (Lipinski definition) is 1. The molecule has 0 spiro atoms. The van der Waals surface area contributed by atoms with Crippen molar-refractivity contribution in [3.05, 3.63) is 35.4 Å². The zero-order chi connectivity index (χ0) is 20.3. The van der Waals surface area contributed by atoms with E-state index in [1.54, 1.807) is 6.07 Å². The van der Waals surface area contributed by atoms with Gasteiger partial charge in [0.25, 0.3) is 5.91 Å². The number of nitrogens with one attached hydrogen (secondary N) is 1. The quantitative estimate of drug-likeness (QED) is 0.566. The summed E-state index contributed by atoms with van der Waals surface area (Å²) in [7, 11) is 0. The molecule has 0 aliphatic carbocycles. The van der Waals surface area contributed by atoms with E-state index >= 15 is 0 Å². The number of alkyl halides is 3. The van der Waals surface area contributed by atoms with Gasteiger partial charge in [0.05, 0.1) is 5.75 Å². The normalized spacial score (nSPS) is 14.7. The topological polar surface area (TPSA) is 71.3 Å². The standard InChI is InChI=1S/C18H21F3N4O2S/c1-11(2)22-16(26)13-6-5-12(27-13)10-28-17-23-14(18(19,20)21)9-15(24-17)25-7-3-4-8-25/h5-6,9,11H,3-4,7-8,10H2,1-2H3,(H,22,26). The summed E-state index contributed by atoms with van der Waals surface area (Å²) in [4.78, 5) is 21.7. The lowest BCUT2D eigenvalue weighted by atomic mass is 10.3. The lowest BCUT2D eigenvalue weighted by Gasteiger charge is -2.18. The monoisotopic (exact) mass is 414 g/mol. The first kappa shape index (κ1) is 20.5. The molecule has 1 aliphatic heterocycles. The van der Waals surface area contributed by atoms with E-state index < -0.39 is 11.9 Å². The first-order chi connectivity index (χ1) is 13.2. The molecule has 0 bridgehead atoms. The Kier molecular flexibility index (Phi) is 6.17. The molecule has 152 valence electrons. The molecule has 1 N–H and O–H groups in total. The minimum Gasteiger partial charge on any atom is -0.455 e. The maximum Gasteiger partial charge on any atom is 0.433 e. The van der Waals surface area contributed by atoms with Gasteiger partial charge < -0.3 is 14.6 Å². The van der Waals surface area contributed by atoms with E-state index in [-0.39, 0.29) is 28.6 Å². The molecule has 28 heavy (non-hydrogen) atoms. The maximum atomic E-state index is 13.2. The lowest BCUT2D eigenvalue weighted by molar-refractivity contribution is -0.141. The molecule has 0 radical (unpaired) electrons. The van der Waals surface area contributed by atoms with Gasteiger partial charge in [-0.05, 0) is 38.8 Å². The highest BCUT2D eigenvalue weighted by atomic mass is 32.2. The number of halogens is 3. The van der Waals surface area contributed by atoms with Crippen molar-refractivity contribution in [2.75, 3.05) is 18.0 Å². The second kappa shape index (κ2) is 8.42. The van der Waals surface area contributed by atoms with Gasteiger partial charge in [-0.15, -0.1) is 0 Å². The van der Waals surface area contributed by atoms with Crippen molar-refractivity contribution in [2.24, 2.45) is 0 Å². The molecule has 3 rings (SSSR count). The van der Waals surface area contributed by atoms with Crippen molar-refractivity contribution in [1.29, 1.82) is 0 Å². The number of amides is 1. The Morgan fingerprint density at radius 3 is 2.64 bits per heavy atom. The van der Waals surface area contributed by atoms with Gasteiger partial charge in [0.15, 0.2) is 16.6 Å². The fourth-order valence-electron chi connectivity index (χ4n) is 2.78. The van der Waals surface area contributed by atoms with Crippen molar-refractivity contribution in [2.45, 2.75) is 49.8 Å². The van der Waals surface area contributed by atoms with Crippen LogP contribution in [0.5, 0.6) is 0 Å². The smallest absolute Gasteiger partial charge is 0.433 e. The minimum absolute atomic E-state index is 0.0290. The summed E-state index contributed by atoms with van der Waals surface area (Å²) in [6.07, 6.45) is -2.68. The van der Waals surface area contributed by atoms with Gasteiger partial charge in [0, 0.05) is 25.2 Å². The predicted molar refractivity (Wildman–Crippen MR) is 99.4 cm³/mol. The van der Waals surface area contributed by atoms with E-state index in [1.807, 2.05) is 18.7 Å². The Labute approximate surface area is 164 Å². The summed E-state index contributed by atoms with van der Waals surface area (Å²) in [5.41, 5.74) is -0.955. The molecule has 0 unspecified atom stereocenters. The Hall–Kier alpha value is -2.23. The van der Waals surface area contributed by atoms with Crippen molar-refractivity contribution < 1.29 is 22.4 Å². The van der Waals surface area contributed by atoms with E-state index in [0.29, 0.717) is 24.7 Å². The van der Waals surface area contributed by atoms with Gasteiger partial charge in [-0.1, -0.05) is 11.8 Å². The number of hydrogen-bond acceptors (Lipinski definition) is 6. The minimum atomic E-state index is -4.54. The van der Waals surface area contributed by atoms with Crippen LogP contribution in [0.4, 0.5) is 19.0 Å². The van der Waals surface area contributed by atoms with E-state index in [0.717, 1.165) is 30.7 Å². The largest absolute Gasteiger partial charge is 0.455 e. The Morgan fingerprint density at radius 1 is 1.29 bits per heavy atom. The second-order valence-electron chi connectivity index (χ2n) is 6.77. The number of carbonyl (C=O) groups excluding carboxylic acids is 1. The molecule has 1 fully saturated rings. The van der Waals surface area contributed by atoms with E-state index in [9.17, 15) is 18.0 Å². The van der Waals surface area contributed by atoms with Crippen molar-refractivity contribution in [1.82, 2.24) is 15.3 Å². The summed E-state index contributed by atoms with van der Waals surface area (Å²) in [6.45, 7) is 5.04. The average Bonchev–Trinajstić information content (AvgIpc) is 3.30. The first-order valence-electron chi connectivity index (χ1n) is 8.96. The van der Waals surface area contributed by atoms with Gasteiger partial charge in [0.1, 0.15) is 11.6 Å². The second-order valence-corrected chi connectivity index (χ2v) is 7.71. The van der Waals surface area contributed by atoms with Gasteiger partial charge in [0.2, 0.25) is 0 Å². The third-order valence-corrected chi connectivity index (χ3v) is 4.93. The Balaban J connectivity index is 1.74. The predicted octanol–water partition coefficient (Wildman–Crippen LogP) is 4.12. The van der Waals surface area contributed by atoms with Gasteiger partial charge >= 0.3 is 6.18 Å². The summed E-state index contributed by atoms with van der Waals surface area (Å²) in [5, 5.41) is 2.74. The SMILES string of the molecule is CC(C)NC(=O)c1ccc(CSc2nc(N3CCCC3)cc(C(F)(F)F)n2)o1. The number of carbonyl (C=O) groups is 1. The van der Waals surface area contributed by atoms with Crippen molar-refractivity contribution >= 4 is 23.5 Å². The number of nitrogens with zero attached hydrogens (tertiary/aromatic N) is 3. The molecule has 6 nitrogen and oxygen atoms in total. The number of rotatable bonds is 6. The molecule has 1 amide bonds. The molecule has 2 aromatic rings. The van der Waals surface area contributed by atoms with E-state index in [2.05, 4.69) is 15.3 Å². The van der Waals surface area contributed by atoms with Gasteiger partial charge in [-0.2, -0.15) is 13.2 Å². The van der Waals surface area contributed by atoms with E-state index in [4.69, 9.17) is 4.42 Å². The highest BCUT2D eigenvalue weighted by Crippen LogP contribution is 2.33. The first-order valence-corrected chi connectivity index (χ1v) is 9.94. The molecule has 1 saturated heterocycles. The highest BCUT2D eigenvalue weighted by molar-refractivity contribution is 7.98. The lowest BCUT2D eigenvalue weighted by Crippen LogP contribution is -2.29. The Morgan fingerprint density at radius 2 is 2.00 bits per heavy atom. The fraction of sp³-hybridized carbons (Fsp3) is 0.500. The zero-order valence-corrected chi connectivity index (χ0v) is 16.4. The van der Waals surface area contributed by atoms with Gasteiger partial charge in [-0.25, -0.2) is 9.97 Å². The van der Waals surface area contributed by atoms with Crippen LogP contribution in [-0.2, 0) is 11.9 Å². The number of furan rings is 1. The summed E-state index contributed by atoms with van der Waals surface area (Å²) >= 11 is 1.04. The molecule has 10 heteroatoms. The van der Waals surface area contributed by atoms with Crippen LogP contribution in [0.2, 0.25) is 0 Å². The van der Waals surface area contributed by atoms with E-state index in [1.165, 1.54) is 6.07 Å². The van der Waals surface area contributed by atoms with Crippen molar-refractivity contribution in [3.8, 4) is 0 Å². The van der Waals surface area contributed by atoms with Crippen LogP contribution in [0, 0.1) is 0 Å². The molecular formula is C18H21F3N4O2S. The number of anilines is 1. The van der Waals surface area contributed by atoms with Crippen LogP contribution in [0.15, 0.2) is 27.8 Å². The number of aromatic nitrogens is 2. The summed E-state index contributed by atoms with van der Waals surface area (Å²) in [5.74, 6) is 0.793. The molecule has 3 heterocycles. The van der Waals surface area contributed by atoms with Crippen LogP contribution < -0.4 is 10.2 Å². The molecular weight excluding hydrogens is 393 g/mol. The number of thioether (sulfide) groups is 1. The molecule has 0 atom stereocenters. The molecule has 2 aromatic heterocycles. The molecule has 0 aromatic carbocycles. The fourth-order valence-corrected chi connectivity index (χ4v) is 3.52. The Bertz CT molecular complexity index is 832. The molecule has 1 aliphatic rings. The van der Waals surface area contributed by atoms with Crippen LogP contribution in [0.1, 0.15) is 48.7 Å². The van der Waals surface area contributed by atoms with Crippen LogP contribution >= 0.6 is 11.8 Å². The summed E-state index contributed by atoms with van der Waals surface area (Å²) < 4.78 is 45.1. The maximum absolute atomic E-state index is 13.2. The van der Waals surface area contributed by atoms with Crippen LogP contribution in [0.25, 0.3) is 0 Å². The zero-order valence-electron chi connectivity index (χ0n) is 15.5. The van der Waals surface area contributed by atoms with Gasteiger partial charge in [-0.3, -0.25) is 4.79 Å².